The minimum Gasteiger partial charge on any atom is -0.326 e. The molecule has 0 saturated carbocycles. The molecule has 120 valence electrons. The van der Waals surface area contributed by atoms with Gasteiger partial charge in [0.2, 0.25) is 15.9 Å². The van der Waals surface area contributed by atoms with E-state index in [1.54, 1.807) is 12.1 Å². The van der Waals surface area contributed by atoms with Gasteiger partial charge >= 0.3 is 0 Å². The van der Waals surface area contributed by atoms with E-state index < -0.39 is 10.0 Å². The van der Waals surface area contributed by atoms with Gasteiger partial charge in [-0.2, -0.15) is 0 Å². The summed E-state index contributed by atoms with van der Waals surface area (Å²) in [5, 5.41) is 6.20. The van der Waals surface area contributed by atoms with Crippen molar-refractivity contribution in [1.82, 2.24) is 5.32 Å². The monoisotopic (exact) mass is 323 g/mol. The maximum absolute atomic E-state index is 12.2. The fourth-order valence-electron chi connectivity index (χ4n) is 3.12. The van der Waals surface area contributed by atoms with E-state index in [9.17, 15) is 13.2 Å². The normalized spacial score (nSPS) is 19.0. The van der Waals surface area contributed by atoms with Crippen LogP contribution in [0.5, 0.6) is 0 Å². The zero-order valence-corrected chi connectivity index (χ0v) is 13.4. The summed E-state index contributed by atoms with van der Waals surface area (Å²) in [6.45, 7) is 2.23. The zero-order valence-electron chi connectivity index (χ0n) is 12.6. The Labute approximate surface area is 130 Å². The van der Waals surface area contributed by atoms with Crippen LogP contribution in [0, 0.1) is 5.92 Å². The molecule has 1 aromatic rings. The van der Waals surface area contributed by atoms with Crippen LogP contribution in [0.2, 0.25) is 0 Å². The zero-order chi connectivity index (χ0) is 15.7. The first-order valence-corrected chi connectivity index (χ1v) is 9.42. The van der Waals surface area contributed by atoms with Crippen LogP contribution in [0.25, 0.3) is 0 Å². The lowest BCUT2D eigenvalue weighted by Crippen LogP contribution is -2.34. The number of anilines is 2. The van der Waals surface area contributed by atoms with E-state index in [2.05, 4.69) is 10.6 Å². The Kier molecular flexibility index (Phi) is 4.10. The minimum atomic E-state index is -3.23. The Morgan fingerprint density at radius 2 is 2.05 bits per heavy atom. The number of nitrogens with zero attached hydrogens (tertiary/aromatic N) is 1. The van der Waals surface area contributed by atoms with Gasteiger partial charge in [-0.25, -0.2) is 8.42 Å². The minimum absolute atomic E-state index is 0.0550. The molecule has 7 heteroatoms. The fourth-order valence-corrected chi connectivity index (χ4v) is 4.08. The van der Waals surface area contributed by atoms with Crippen LogP contribution in [-0.4, -0.2) is 40.2 Å². The lowest BCUT2D eigenvalue weighted by molar-refractivity contribution is -0.120. The molecule has 0 radical (unpaired) electrons. The van der Waals surface area contributed by atoms with Crippen molar-refractivity contribution < 1.29 is 13.2 Å². The first-order valence-electron chi connectivity index (χ1n) is 7.57. The largest absolute Gasteiger partial charge is 0.326 e. The highest BCUT2D eigenvalue weighted by Crippen LogP contribution is 2.32. The Balaban J connectivity index is 1.73. The van der Waals surface area contributed by atoms with Crippen molar-refractivity contribution in [3.05, 3.63) is 23.8 Å². The van der Waals surface area contributed by atoms with E-state index in [4.69, 9.17) is 0 Å². The molecule has 0 bridgehead atoms. The number of rotatable bonds is 3. The van der Waals surface area contributed by atoms with E-state index >= 15 is 0 Å². The van der Waals surface area contributed by atoms with Gasteiger partial charge in [-0.05, 0) is 56.1 Å². The summed E-state index contributed by atoms with van der Waals surface area (Å²) in [5.74, 6) is 0.112. The topological polar surface area (TPSA) is 78.5 Å². The van der Waals surface area contributed by atoms with Crippen molar-refractivity contribution in [3.8, 4) is 0 Å². The van der Waals surface area contributed by atoms with Crippen LogP contribution < -0.4 is 14.9 Å². The van der Waals surface area contributed by atoms with Gasteiger partial charge < -0.3 is 10.6 Å². The van der Waals surface area contributed by atoms with Crippen molar-refractivity contribution in [2.45, 2.75) is 19.3 Å². The van der Waals surface area contributed by atoms with Crippen LogP contribution in [0.4, 0.5) is 11.4 Å². The lowest BCUT2D eigenvalue weighted by atomic mass is 9.97. The molecule has 0 atom stereocenters. The number of hydrogen-bond donors (Lipinski definition) is 2. The Morgan fingerprint density at radius 3 is 2.73 bits per heavy atom. The Morgan fingerprint density at radius 1 is 1.32 bits per heavy atom. The highest BCUT2D eigenvalue weighted by Gasteiger charge is 2.27. The SMILES string of the molecule is CS(=O)(=O)N1CCc2cc(NC(=O)C3CCNCC3)ccc21. The molecule has 2 heterocycles. The summed E-state index contributed by atoms with van der Waals surface area (Å²) in [6, 6.07) is 5.45. The molecule has 0 aromatic heterocycles. The average molecular weight is 323 g/mol. The van der Waals surface area contributed by atoms with E-state index in [1.165, 1.54) is 10.6 Å². The van der Waals surface area contributed by atoms with Crippen LogP contribution >= 0.6 is 0 Å². The molecule has 2 aliphatic rings. The van der Waals surface area contributed by atoms with Gasteiger partial charge in [0.25, 0.3) is 0 Å². The molecule has 3 rings (SSSR count). The van der Waals surface area contributed by atoms with Crippen molar-refractivity contribution >= 4 is 27.3 Å². The third kappa shape index (κ3) is 3.10. The molecule has 1 amide bonds. The van der Waals surface area contributed by atoms with Crippen molar-refractivity contribution in [2.75, 3.05) is 35.5 Å². The van der Waals surface area contributed by atoms with Gasteiger partial charge in [0, 0.05) is 18.2 Å². The van der Waals surface area contributed by atoms with Gasteiger partial charge in [0.05, 0.1) is 11.9 Å². The third-order valence-electron chi connectivity index (χ3n) is 4.31. The number of benzene rings is 1. The quantitative estimate of drug-likeness (QED) is 0.868. The van der Waals surface area contributed by atoms with Gasteiger partial charge in [-0.15, -0.1) is 0 Å². The molecule has 2 N–H and O–H groups in total. The van der Waals surface area contributed by atoms with Crippen molar-refractivity contribution in [2.24, 2.45) is 5.92 Å². The van der Waals surface area contributed by atoms with Gasteiger partial charge in [0.15, 0.2) is 0 Å². The van der Waals surface area contributed by atoms with Crippen LogP contribution in [-0.2, 0) is 21.2 Å². The Bertz CT molecular complexity index is 681. The van der Waals surface area contributed by atoms with Crippen LogP contribution in [0.3, 0.4) is 0 Å². The molecule has 1 saturated heterocycles. The molecule has 2 aliphatic heterocycles. The summed E-state index contributed by atoms with van der Waals surface area (Å²) in [5.41, 5.74) is 2.44. The third-order valence-corrected chi connectivity index (χ3v) is 5.49. The number of hydrogen-bond acceptors (Lipinski definition) is 4. The summed E-state index contributed by atoms with van der Waals surface area (Å²) in [6.07, 6.45) is 3.62. The first kappa shape index (κ1) is 15.3. The average Bonchev–Trinajstić information content (AvgIpc) is 2.91. The van der Waals surface area contributed by atoms with E-state index in [0.717, 1.165) is 42.9 Å². The van der Waals surface area contributed by atoms with Crippen LogP contribution in [0.15, 0.2) is 18.2 Å². The molecule has 0 aliphatic carbocycles. The molecule has 1 aromatic carbocycles. The number of fused-ring (bicyclic) bond motifs is 1. The van der Waals surface area contributed by atoms with E-state index in [0.29, 0.717) is 13.0 Å². The summed E-state index contributed by atoms with van der Waals surface area (Å²) >= 11 is 0. The molecule has 1 fully saturated rings. The fraction of sp³-hybridized carbons (Fsp3) is 0.533. The molecular weight excluding hydrogens is 302 g/mol. The molecule has 0 spiro atoms. The van der Waals surface area contributed by atoms with Gasteiger partial charge in [-0.1, -0.05) is 0 Å². The van der Waals surface area contributed by atoms with E-state index in [-0.39, 0.29) is 11.8 Å². The second kappa shape index (κ2) is 5.89. The van der Waals surface area contributed by atoms with Gasteiger partial charge in [-0.3, -0.25) is 9.10 Å². The molecule has 6 nitrogen and oxygen atoms in total. The second-order valence-electron chi connectivity index (χ2n) is 5.94. The highest BCUT2D eigenvalue weighted by molar-refractivity contribution is 7.92. The predicted octanol–water partition coefficient (Wildman–Crippen LogP) is 0.947. The number of nitrogens with one attached hydrogen (secondary N) is 2. The summed E-state index contributed by atoms with van der Waals surface area (Å²) < 4.78 is 24.8. The Hall–Kier alpha value is -1.60. The molecule has 0 unspecified atom stereocenters. The molecule has 22 heavy (non-hydrogen) atoms. The van der Waals surface area contributed by atoms with Gasteiger partial charge in [0.1, 0.15) is 0 Å². The number of sulfonamides is 1. The first-order chi connectivity index (χ1) is 10.4. The smallest absolute Gasteiger partial charge is 0.232 e. The van der Waals surface area contributed by atoms with Crippen molar-refractivity contribution in [3.63, 3.8) is 0 Å². The standard InChI is InChI=1S/C15H21N3O3S/c1-22(20,21)18-9-6-12-10-13(2-3-14(12)18)17-15(19)11-4-7-16-8-5-11/h2-3,10-11,16H,4-9H2,1H3,(H,17,19). The number of piperidine rings is 1. The van der Waals surface area contributed by atoms with Crippen LogP contribution in [0.1, 0.15) is 18.4 Å². The van der Waals surface area contributed by atoms with Crippen molar-refractivity contribution in [1.29, 1.82) is 0 Å². The molecular formula is C15H21N3O3S. The number of amides is 1. The number of carbonyl (C=O) groups is 1. The second-order valence-corrected chi connectivity index (χ2v) is 7.85. The summed E-state index contributed by atoms with van der Waals surface area (Å²) in [4.78, 5) is 12.2. The lowest BCUT2D eigenvalue weighted by Gasteiger charge is -2.22. The maximum atomic E-state index is 12.2. The van der Waals surface area contributed by atoms with E-state index in [1.807, 2.05) is 6.07 Å². The maximum Gasteiger partial charge on any atom is 0.232 e. The predicted molar refractivity (Wildman–Crippen MR) is 86.6 cm³/mol. The highest BCUT2D eigenvalue weighted by atomic mass is 32.2. The number of carbonyl (C=O) groups excluding carboxylic acids is 1. The summed E-state index contributed by atoms with van der Waals surface area (Å²) in [7, 11) is -3.23.